The largest absolute Gasteiger partial charge is 0.378 e. The molecule has 1 heteroatoms. The van der Waals surface area contributed by atoms with Gasteiger partial charge in [-0.3, -0.25) is 0 Å². The Kier molecular flexibility index (Phi) is 2.85. The average molecular weight is 266 g/mol. The van der Waals surface area contributed by atoms with Gasteiger partial charge >= 0.3 is 0 Å². The van der Waals surface area contributed by atoms with E-state index in [1.54, 1.807) is 0 Å². The van der Waals surface area contributed by atoms with E-state index in [1.165, 1.54) is 48.4 Å². The zero-order valence-electron chi connectivity index (χ0n) is 12.1. The van der Waals surface area contributed by atoms with Crippen molar-refractivity contribution in [3.05, 3.63) is 48.0 Å². The van der Waals surface area contributed by atoms with Crippen molar-refractivity contribution in [1.82, 2.24) is 0 Å². The Hall–Kier alpha value is -1.34. The molecule has 104 valence electrons. The summed E-state index contributed by atoms with van der Waals surface area (Å²) in [5.74, 6) is 1.56. The molecule has 20 heavy (non-hydrogen) atoms. The number of hydrogen-bond acceptors (Lipinski definition) is 1. The molecule has 3 unspecified atom stereocenters. The molecule has 2 aromatic rings. The van der Waals surface area contributed by atoms with E-state index in [0.717, 1.165) is 5.92 Å². The van der Waals surface area contributed by atoms with Gasteiger partial charge in [0.1, 0.15) is 0 Å². The van der Waals surface area contributed by atoms with Gasteiger partial charge in [0.05, 0.1) is 5.60 Å². The number of ether oxygens (including phenoxy) is 1. The number of methoxy groups -OCH3 is 1. The molecule has 0 radical (unpaired) electrons. The van der Waals surface area contributed by atoms with Crippen LogP contribution in [0.15, 0.2) is 42.5 Å². The molecule has 2 aliphatic rings. The van der Waals surface area contributed by atoms with Crippen LogP contribution in [0.5, 0.6) is 0 Å². The van der Waals surface area contributed by atoms with E-state index in [1.807, 2.05) is 7.11 Å². The minimum Gasteiger partial charge on any atom is -0.378 e. The second kappa shape index (κ2) is 4.60. The first-order valence-electron chi connectivity index (χ1n) is 7.82. The molecule has 0 amide bonds. The predicted molar refractivity (Wildman–Crippen MR) is 83.0 cm³/mol. The summed E-state index contributed by atoms with van der Waals surface area (Å²) >= 11 is 0. The topological polar surface area (TPSA) is 9.23 Å². The molecule has 0 aromatic heterocycles. The fourth-order valence-corrected chi connectivity index (χ4v) is 4.50. The number of fused-ring (bicyclic) bond motifs is 3. The minimum atomic E-state index is 0.180. The lowest BCUT2D eigenvalue weighted by Gasteiger charge is -2.37. The summed E-state index contributed by atoms with van der Waals surface area (Å²) in [4.78, 5) is 0. The Balaban J connectivity index is 1.69. The summed E-state index contributed by atoms with van der Waals surface area (Å²) in [7, 11) is 1.91. The normalized spacial score (nSPS) is 32.6. The molecule has 0 saturated heterocycles. The van der Waals surface area contributed by atoms with Crippen LogP contribution in [0.4, 0.5) is 0 Å². The second-order valence-electron chi connectivity index (χ2n) is 6.74. The first-order chi connectivity index (χ1) is 9.78. The Labute approximate surface area is 120 Å². The third kappa shape index (κ3) is 1.96. The van der Waals surface area contributed by atoms with E-state index in [-0.39, 0.29) is 5.60 Å². The van der Waals surface area contributed by atoms with E-state index in [9.17, 15) is 0 Å². The highest BCUT2D eigenvalue weighted by Gasteiger charge is 2.46. The predicted octanol–water partition coefficient (Wildman–Crippen LogP) is 4.90. The fraction of sp³-hybridized carbons (Fsp3) is 0.474. The van der Waals surface area contributed by atoms with Gasteiger partial charge < -0.3 is 4.74 Å². The van der Waals surface area contributed by atoms with Crippen LogP contribution in [0.25, 0.3) is 10.8 Å². The van der Waals surface area contributed by atoms with E-state index >= 15 is 0 Å². The van der Waals surface area contributed by atoms with Crippen LogP contribution in [0, 0.1) is 5.92 Å². The third-order valence-electron chi connectivity index (χ3n) is 5.58. The Morgan fingerprint density at radius 1 is 1.05 bits per heavy atom. The van der Waals surface area contributed by atoms with Gasteiger partial charge in [-0.1, -0.05) is 42.5 Å². The van der Waals surface area contributed by atoms with E-state index < -0.39 is 0 Å². The van der Waals surface area contributed by atoms with Crippen molar-refractivity contribution in [2.24, 2.45) is 5.92 Å². The van der Waals surface area contributed by atoms with Gasteiger partial charge in [0.2, 0.25) is 0 Å². The van der Waals surface area contributed by atoms with Gasteiger partial charge in [-0.05, 0) is 60.3 Å². The van der Waals surface area contributed by atoms with Crippen molar-refractivity contribution in [3.63, 3.8) is 0 Å². The summed E-state index contributed by atoms with van der Waals surface area (Å²) < 4.78 is 5.91. The van der Waals surface area contributed by atoms with E-state index in [2.05, 4.69) is 42.5 Å². The maximum Gasteiger partial charge on any atom is 0.0687 e. The SMILES string of the molecule is COC12CCC(CC(c3ccc4ccccc4c3)C1)C2. The highest BCUT2D eigenvalue weighted by Crippen LogP contribution is 2.52. The molecular weight excluding hydrogens is 244 g/mol. The van der Waals surface area contributed by atoms with Gasteiger partial charge in [-0.15, -0.1) is 0 Å². The molecule has 2 fully saturated rings. The summed E-state index contributed by atoms with van der Waals surface area (Å²) in [6.45, 7) is 0. The molecular formula is C19H22O. The molecule has 0 N–H and O–H groups in total. The molecule has 1 nitrogen and oxygen atoms in total. The van der Waals surface area contributed by atoms with Crippen molar-refractivity contribution < 1.29 is 4.74 Å². The zero-order valence-corrected chi connectivity index (χ0v) is 12.1. The Morgan fingerprint density at radius 3 is 2.75 bits per heavy atom. The summed E-state index contributed by atoms with van der Waals surface area (Å²) in [6.07, 6.45) is 6.46. The highest BCUT2D eigenvalue weighted by molar-refractivity contribution is 5.83. The smallest absolute Gasteiger partial charge is 0.0687 e. The van der Waals surface area contributed by atoms with Crippen LogP contribution < -0.4 is 0 Å². The molecule has 0 spiro atoms. The van der Waals surface area contributed by atoms with Crippen LogP contribution in [0.1, 0.15) is 43.6 Å². The molecule has 2 bridgehead atoms. The number of benzene rings is 2. The van der Waals surface area contributed by atoms with Gasteiger partial charge in [-0.2, -0.15) is 0 Å². The molecule has 3 atom stereocenters. The quantitative estimate of drug-likeness (QED) is 0.751. The zero-order chi connectivity index (χ0) is 13.6. The highest BCUT2D eigenvalue weighted by atomic mass is 16.5. The molecule has 2 saturated carbocycles. The van der Waals surface area contributed by atoms with E-state index in [4.69, 9.17) is 4.74 Å². The van der Waals surface area contributed by atoms with Crippen molar-refractivity contribution in [1.29, 1.82) is 0 Å². The molecule has 0 heterocycles. The average Bonchev–Trinajstić information content (AvgIpc) is 2.82. The van der Waals surface area contributed by atoms with Crippen LogP contribution >= 0.6 is 0 Å². The van der Waals surface area contributed by atoms with Crippen molar-refractivity contribution in [2.75, 3.05) is 7.11 Å². The third-order valence-corrected chi connectivity index (χ3v) is 5.58. The van der Waals surface area contributed by atoms with Crippen molar-refractivity contribution in [3.8, 4) is 0 Å². The standard InChI is InChI=1S/C19H22O/c1-20-19-9-8-14(12-19)10-18(13-19)17-7-6-15-4-2-3-5-16(15)11-17/h2-7,11,14,18H,8-10,12-13H2,1H3. The Morgan fingerprint density at radius 2 is 1.90 bits per heavy atom. The lowest BCUT2D eigenvalue weighted by Crippen LogP contribution is -2.33. The molecule has 2 aliphatic carbocycles. The monoisotopic (exact) mass is 266 g/mol. The maximum absolute atomic E-state index is 5.91. The van der Waals surface area contributed by atoms with Crippen LogP contribution in [0.2, 0.25) is 0 Å². The van der Waals surface area contributed by atoms with Crippen molar-refractivity contribution >= 4 is 10.8 Å². The summed E-state index contributed by atoms with van der Waals surface area (Å²) in [5.41, 5.74) is 1.69. The van der Waals surface area contributed by atoms with Gasteiger partial charge in [0.25, 0.3) is 0 Å². The molecule has 2 aromatic carbocycles. The summed E-state index contributed by atoms with van der Waals surface area (Å²) in [6, 6.07) is 15.7. The number of rotatable bonds is 2. The first kappa shape index (κ1) is 12.4. The molecule has 0 aliphatic heterocycles. The van der Waals surface area contributed by atoms with Crippen molar-refractivity contribution in [2.45, 2.75) is 43.6 Å². The van der Waals surface area contributed by atoms with Crippen LogP contribution in [-0.4, -0.2) is 12.7 Å². The van der Waals surface area contributed by atoms with Gasteiger partial charge in [0.15, 0.2) is 0 Å². The lowest BCUT2D eigenvalue weighted by atomic mass is 9.75. The first-order valence-corrected chi connectivity index (χ1v) is 7.82. The molecule has 4 rings (SSSR count). The van der Waals surface area contributed by atoms with Crippen LogP contribution in [-0.2, 0) is 4.74 Å². The fourth-order valence-electron chi connectivity index (χ4n) is 4.50. The van der Waals surface area contributed by atoms with Gasteiger partial charge in [0, 0.05) is 7.11 Å². The number of hydrogen-bond donors (Lipinski definition) is 0. The van der Waals surface area contributed by atoms with Gasteiger partial charge in [-0.25, -0.2) is 0 Å². The second-order valence-corrected chi connectivity index (χ2v) is 6.74. The minimum absolute atomic E-state index is 0.180. The lowest BCUT2D eigenvalue weighted by molar-refractivity contribution is -0.0320. The Bertz CT molecular complexity index is 632. The summed E-state index contributed by atoms with van der Waals surface area (Å²) in [5, 5.41) is 2.71. The van der Waals surface area contributed by atoms with Crippen LogP contribution in [0.3, 0.4) is 0 Å². The van der Waals surface area contributed by atoms with E-state index in [0.29, 0.717) is 5.92 Å². The maximum atomic E-state index is 5.91.